The lowest BCUT2D eigenvalue weighted by atomic mass is 10.3. The van der Waals surface area contributed by atoms with Gasteiger partial charge in [-0.3, -0.25) is 0 Å². The summed E-state index contributed by atoms with van der Waals surface area (Å²) < 4.78 is 10.5. The highest BCUT2D eigenvalue weighted by molar-refractivity contribution is 5.75. The largest absolute Gasteiger partial charge is 0.505 e. The first-order chi connectivity index (χ1) is 10.2. The molecule has 6 heteroatoms. The topological polar surface area (TPSA) is 69.4 Å². The fourth-order valence-corrected chi connectivity index (χ4v) is 2.06. The Bertz CT molecular complexity index is 783. The SMILES string of the molecule is CCOc1ccc(-n2nc3ccc(OC)cc3n2)c(O)c1. The van der Waals surface area contributed by atoms with Crippen molar-refractivity contribution in [3.8, 4) is 22.9 Å². The van der Waals surface area contributed by atoms with Crippen molar-refractivity contribution in [1.29, 1.82) is 0 Å². The first kappa shape index (κ1) is 13.2. The average Bonchev–Trinajstić information content (AvgIpc) is 2.90. The number of rotatable bonds is 4. The minimum Gasteiger partial charge on any atom is -0.505 e. The molecule has 0 atom stereocenters. The number of phenolic OH excluding ortho intramolecular Hbond substituents is 1. The van der Waals surface area contributed by atoms with Gasteiger partial charge in [0.05, 0.1) is 13.7 Å². The zero-order chi connectivity index (χ0) is 14.8. The van der Waals surface area contributed by atoms with Crippen LogP contribution in [0.3, 0.4) is 0 Å². The van der Waals surface area contributed by atoms with Gasteiger partial charge in [0.15, 0.2) is 0 Å². The van der Waals surface area contributed by atoms with Crippen LogP contribution in [0.1, 0.15) is 6.92 Å². The number of hydrogen-bond acceptors (Lipinski definition) is 5. The standard InChI is InChI=1S/C15H15N3O3/c1-3-21-11-5-7-14(15(19)9-11)18-16-12-6-4-10(20-2)8-13(12)17-18/h4-9,19H,3H2,1-2H3. The van der Waals surface area contributed by atoms with Crippen LogP contribution in [-0.4, -0.2) is 33.8 Å². The second-order valence-electron chi connectivity index (χ2n) is 4.43. The first-order valence-corrected chi connectivity index (χ1v) is 6.58. The predicted molar refractivity (Wildman–Crippen MR) is 78.3 cm³/mol. The molecule has 0 spiro atoms. The van der Waals surface area contributed by atoms with Gasteiger partial charge in [-0.25, -0.2) is 0 Å². The van der Waals surface area contributed by atoms with Crippen molar-refractivity contribution in [3.05, 3.63) is 36.4 Å². The minimum atomic E-state index is 0.0632. The summed E-state index contributed by atoms with van der Waals surface area (Å²) >= 11 is 0. The van der Waals surface area contributed by atoms with E-state index in [-0.39, 0.29) is 5.75 Å². The van der Waals surface area contributed by atoms with E-state index in [1.807, 2.05) is 19.1 Å². The molecule has 0 saturated carbocycles. The molecule has 1 heterocycles. The average molecular weight is 285 g/mol. The molecule has 0 aliphatic carbocycles. The second-order valence-corrected chi connectivity index (χ2v) is 4.43. The Morgan fingerprint density at radius 3 is 2.52 bits per heavy atom. The van der Waals surface area contributed by atoms with Gasteiger partial charge in [0.1, 0.15) is 34.0 Å². The van der Waals surface area contributed by atoms with E-state index in [0.29, 0.717) is 29.3 Å². The third kappa shape index (κ3) is 2.47. The van der Waals surface area contributed by atoms with Crippen LogP contribution in [0.4, 0.5) is 0 Å². The summed E-state index contributed by atoms with van der Waals surface area (Å²) in [5, 5.41) is 18.8. The van der Waals surface area contributed by atoms with Crippen molar-refractivity contribution in [2.45, 2.75) is 6.92 Å². The summed E-state index contributed by atoms with van der Waals surface area (Å²) in [5.41, 5.74) is 1.92. The Kier molecular flexibility index (Phi) is 3.35. The predicted octanol–water partition coefficient (Wildman–Crippen LogP) is 2.53. The quantitative estimate of drug-likeness (QED) is 0.797. The molecule has 3 rings (SSSR count). The summed E-state index contributed by atoms with van der Waals surface area (Å²) in [6.07, 6.45) is 0. The van der Waals surface area contributed by atoms with E-state index in [0.717, 1.165) is 5.52 Å². The lowest BCUT2D eigenvalue weighted by Gasteiger charge is -2.06. The van der Waals surface area contributed by atoms with Crippen molar-refractivity contribution < 1.29 is 14.6 Å². The van der Waals surface area contributed by atoms with E-state index in [1.54, 1.807) is 31.4 Å². The molecule has 3 aromatic rings. The van der Waals surface area contributed by atoms with Crippen molar-refractivity contribution >= 4 is 11.0 Å². The maximum absolute atomic E-state index is 10.1. The second kappa shape index (κ2) is 5.32. The molecule has 0 bridgehead atoms. The Balaban J connectivity index is 2.03. The van der Waals surface area contributed by atoms with E-state index >= 15 is 0 Å². The molecule has 21 heavy (non-hydrogen) atoms. The Morgan fingerprint density at radius 1 is 1.05 bits per heavy atom. The van der Waals surface area contributed by atoms with E-state index in [9.17, 15) is 5.11 Å². The van der Waals surface area contributed by atoms with E-state index in [1.165, 1.54) is 4.80 Å². The van der Waals surface area contributed by atoms with Crippen LogP contribution < -0.4 is 9.47 Å². The van der Waals surface area contributed by atoms with Crippen LogP contribution in [0.25, 0.3) is 16.7 Å². The zero-order valence-electron chi connectivity index (χ0n) is 11.8. The van der Waals surface area contributed by atoms with Crippen molar-refractivity contribution in [1.82, 2.24) is 15.0 Å². The molecule has 0 saturated heterocycles. The van der Waals surface area contributed by atoms with Gasteiger partial charge in [-0.05, 0) is 31.2 Å². The third-order valence-corrected chi connectivity index (χ3v) is 3.06. The Hall–Kier alpha value is -2.76. The van der Waals surface area contributed by atoms with E-state index < -0.39 is 0 Å². The summed E-state index contributed by atoms with van der Waals surface area (Å²) in [6, 6.07) is 10.5. The number of aromatic nitrogens is 3. The van der Waals surface area contributed by atoms with E-state index in [4.69, 9.17) is 9.47 Å². The van der Waals surface area contributed by atoms with Crippen molar-refractivity contribution in [2.75, 3.05) is 13.7 Å². The Labute approximate surface area is 121 Å². The van der Waals surface area contributed by atoms with Gasteiger partial charge < -0.3 is 14.6 Å². The lowest BCUT2D eigenvalue weighted by molar-refractivity contribution is 0.337. The van der Waals surface area contributed by atoms with Gasteiger partial charge in [0.25, 0.3) is 0 Å². The maximum Gasteiger partial charge on any atom is 0.146 e. The van der Waals surface area contributed by atoms with Gasteiger partial charge in [-0.1, -0.05) is 0 Å². The number of fused-ring (bicyclic) bond motifs is 1. The molecule has 0 unspecified atom stereocenters. The zero-order valence-corrected chi connectivity index (χ0v) is 11.8. The molecular formula is C15H15N3O3. The molecule has 0 aliphatic rings. The van der Waals surface area contributed by atoms with Gasteiger partial charge >= 0.3 is 0 Å². The summed E-state index contributed by atoms with van der Waals surface area (Å²) in [4.78, 5) is 1.40. The molecule has 6 nitrogen and oxygen atoms in total. The highest BCUT2D eigenvalue weighted by Gasteiger charge is 2.10. The number of aromatic hydroxyl groups is 1. The van der Waals surface area contributed by atoms with Crippen LogP contribution in [0, 0.1) is 0 Å². The van der Waals surface area contributed by atoms with Crippen LogP contribution in [0.2, 0.25) is 0 Å². The molecular weight excluding hydrogens is 270 g/mol. The molecule has 0 amide bonds. The normalized spacial score (nSPS) is 10.8. The number of hydrogen-bond donors (Lipinski definition) is 1. The highest BCUT2D eigenvalue weighted by atomic mass is 16.5. The summed E-state index contributed by atoms with van der Waals surface area (Å²) in [5.74, 6) is 1.39. The maximum atomic E-state index is 10.1. The first-order valence-electron chi connectivity index (χ1n) is 6.58. The van der Waals surface area contributed by atoms with Gasteiger partial charge in [-0.2, -0.15) is 0 Å². The van der Waals surface area contributed by atoms with Crippen molar-refractivity contribution in [2.24, 2.45) is 0 Å². The third-order valence-electron chi connectivity index (χ3n) is 3.06. The Morgan fingerprint density at radius 2 is 1.81 bits per heavy atom. The van der Waals surface area contributed by atoms with Gasteiger partial charge in [-0.15, -0.1) is 15.0 Å². The van der Waals surface area contributed by atoms with Crippen LogP contribution in [-0.2, 0) is 0 Å². The molecule has 1 aromatic heterocycles. The van der Waals surface area contributed by atoms with Crippen LogP contribution in [0.5, 0.6) is 17.2 Å². The number of methoxy groups -OCH3 is 1. The molecule has 108 valence electrons. The van der Waals surface area contributed by atoms with Gasteiger partial charge in [0.2, 0.25) is 0 Å². The van der Waals surface area contributed by atoms with E-state index in [2.05, 4.69) is 10.2 Å². The highest BCUT2D eigenvalue weighted by Crippen LogP contribution is 2.27. The molecule has 0 radical (unpaired) electrons. The number of phenols is 1. The molecule has 0 aliphatic heterocycles. The summed E-state index contributed by atoms with van der Waals surface area (Å²) in [6.45, 7) is 2.43. The molecule has 0 fully saturated rings. The molecule has 2 aromatic carbocycles. The minimum absolute atomic E-state index is 0.0632. The van der Waals surface area contributed by atoms with Gasteiger partial charge in [0, 0.05) is 12.1 Å². The fourth-order valence-electron chi connectivity index (χ4n) is 2.06. The summed E-state index contributed by atoms with van der Waals surface area (Å²) in [7, 11) is 1.60. The smallest absolute Gasteiger partial charge is 0.146 e. The number of nitrogens with zero attached hydrogens (tertiary/aromatic N) is 3. The lowest BCUT2D eigenvalue weighted by Crippen LogP contribution is -1.99. The molecule has 1 N–H and O–H groups in total. The fraction of sp³-hybridized carbons (Fsp3) is 0.200. The monoisotopic (exact) mass is 285 g/mol. The number of ether oxygens (including phenoxy) is 2. The van der Waals surface area contributed by atoms with Crippen LogP contribution >= 0.6 is 0 Å². The number of benzene rings is 2. The van der Waals surface area contributed by atoms with Crippen LogP contribution in [0.15, 0.2) is 36.4 Å². The van der Waals surface area contributed by atoms with Crippen molar-refractivity contribution in [3.63, 3.8) is 0 Å².